The number of nitrogens with one attached hydrogen (secondary N) is 3. The third-order valence-corrected chi connectivity index (χ3v) is 3.22. The summed E-state index contributed by atoms with van der Waals surface area (Å²) in [5, 5.41) is 16.4. The molecule has 0 bridgehead atoms. The number of carboxylic acid groups (broad SMARTS) is 1. The first-order valence-electron chi connectivity index (χ1n) is 6.68. The number of rotatable bonds is 6. The summed E-state index contributed by atoms with van der Waals surface area (Å²) in [7, 11) is 0. The third kappa shape index (κ3) is 3.98. The molecule has 2 heterocycles. The van der Waals surface area contributed by atoms with Crippen molar-refractivity contribution in [2.24, 2.45) is 0 Å². The summed E-state index contributed by atoms with van der Waals surface area (Å²) in [5.74, 6) is -1.17. The Kier molecular flexibility index (Phi) is 4.99. The van der Waals surface area contributed by atoms with Crippen molar-refractivity contribution >= 4 is 17.9 Å². The largest absolute Gasteiger partial charge is 0.479 e. The van der Waals surface area contributed by atoms with Crippen LogP contribution >= 0.6 is 0 Å². The lowest BCUT2D eigenvalue weighted by Crippen LogP contribution is -2.57. The van der Waals surface area contributed by atoms with Gasteiger partial charge in [0.1, 0.15) is 5.76 Å². The molecule has 1 aliphatic heterocycles. The van der Waals surface area contributed by atoms with Gasteiger partial charge in [0.15, 0.2) is 5.54 Å². The molecule has 120 valence electrons. The predicted octanol–water partition coefficient (Wildman–Crippen LogP) is -0.561. The highest BCUT2D eigenvalue weighted by Crippen LogP contribution is 2.18. The molecular formula is C13H17N3O6. The lowest BCUT2D eigenvalue weighted by atomic mass is 9.99. The highest BCUT2D eigenvalue weighted by molar-refractivity contribution is 5.90. The topological polar surface area (TPSA) is 130 Å². The van der Waals surface area contributed by atoms with Gasteiger partial charge in [0, 0.05) is 13.0 Å². The van der Waals surface area contributed by atoms with Gasteiger partial charge in [0.05, 0.1) is 26.0 Å². The van der Waals surface area contributed by atoms with Crippen molar-refractivity contribution in [2.75, 3.05) is 19.8 Å². The number of aliphatic carboxylic acids is 1. The number of hydrogen-bond acceptors (Lipinski definition) is 5. The van der Waals surface area contributed by atoms with Gasteiger partial charge >= 0.3 is 12.0 Å². The molecule has 4 N–H and O–H groups in total. The van der Waals surface area contributed by atoms with Gasteiger partial charge in [0.2, 0.25) is 5.91 Å². The van der Waals surface area contributed by atoms with Gasteiger partial charge in [-0.2, -0.15) is 0 Å². The zero-order chi connectivity index (χ0) is 16.0. The molecular weight excluding hydrogens is 294 g/mol. The Morgan fingerprint density at radius 2 is 2.14 bits per heavy atom. The number of carbonyl (C=O) groups is 3. The van der Waals surface area contributed by atoms with E-state index < -0.39 is 23.4 Å². The van der Waals surface area contributed by atoms with Crippen molar-refractivity contribution in [3.8, 4) is 0 Å². The lowest BCUT2D eigenvalue weighted by Gasteiger charge is -2.23. The van der Waals surface area contributed by atoms with Gasteiger partial charge in [-0.3, -0.25) is 4.79 Å². The first-order chi connectivity index (χ1) is 10.5. The molecule has 0 saturated carbocycles. The van der Waals surface area contributed by atoms with Crippen LogP contribution in [-0.2, 0) is 20.9 Å². The van der Waals surface area contributed by atoms with Crippen molar-refractivity contribution < 1.29 is 28.6 Å². The summed E-state index contributed by atoms with van der Waals surface area (Å²) in [6, 6.07) is 2.83. The Labute approximate surface area is 126 Å². The highest BCUT2D eigenvalue weighted by Gasteiger charge is 2.43. The first-order valence-corrected chi connectivity index (χ1v) is 6.68. The van der Waals surface area contributed by atoms with Crippen molar-refractivity contribution in [1.29, 1.82) is 0 Å². The van der Waals surface area contributed by atoms with Crippen LogP contribution in [0.2, 0.25) is 0 Å². The average molecular weight is 311 g/mol. The first kappa shape index (κ1) is 15.8. The molecule has 9 heteroatoms. The van der Waals surface area contributed by atoms with Gasteiger partial charge in [-0.25, -0.2) is 9.59 Å². The Hall–Kier alpha value is -2.55. The van der Waals surface area contributed by atoms with Crippen LogP contribution in [0.1, 0.15) is 12.2 Å². The lowest BCUT2D eigenvalue weighted by molar-refractivity contribution is -0.147. The Morgan fingerprint density at radius 3 is 2.73 bits per heavy atom. The average Bonchev–Trinajstić information content (AvgIpc) is 3.14. The molecule has 1 aromatic heterocycles. The molecule has 1 aromatic rings. The van der Waals surface area contributed by atoms with Gasteiger partial charge < -0.3 is 30.2 Å². The second-order valence-electron chi connectivity index (χ2n) is 4.85. The number of carbonyl (C=O) groups excluding carboxylic acids is 2. The number of hydrogen-bond donors (Lipinski definition) is 4. The summed E-state index contributed by atoms with van der Waals surface area (Å²) in [4.78, 5) is 34.5. The normalized spacial score (nSPS) is 20.4. The van der Waals surface area contributed by atoms with Crippen molar-refractivity contribution in [3.05, 3.63) is 24.2 Å². The zero-order valence-corrected chi connectivity index (χ0v) is 11.8. The van der Waals surface area contributed by atoms with Crippen LogP contribution in [0.15, 0.2) is 22.8 Å². The van der Waals surface area contributed by atoms with E-state index in [0.29, 0.717) is 5.76 Å². The highest BCUT2D eigenvalue weighted by atomic mass is 16.5. The van der Waals surface area contributed by atoms with E-state index in [9.17, 15) is 19.5 Å². The smallest absolute Gasteiger partial charge is 0.331 e. The molecule has 3 amide bonds. The van der Waals surface area contributed by atoms with Crippen LogP contribution in [-0.4, -0.2) is 48.3 Å². The third-order valence-electron chi connectivity index (χ3n) is 3.22. The summed E-state index contributed by atoms with van der Waals surface area (Å²) < 4.78 is 10.1. The molecule has 0 spiro atoms. The molecule has 0 aromatic carbocycles. The fourth-order valence-corrected chi connectivity index (χ4v) is 2.00. The van der Waals surface area contributed by atoms with E-state index in [0.717, 1.165) is 0 Å². The minimum Gasteiger partial charge on any atom is -0.479 e. The zero-order valence-electron chi connectivity index (χ0n) is 11.8. The molecule has 1 aliphatic rings. The van der Waals surface area contributed by atoms with Gasteiger partial charge in [0.25, 0.3) is 0 Å². The molecule has 2 rings (SSSR count). The van der Waals surface area contributed by atoms with Gasteiger partial charge in [-0.1, -0.05) is 0 Å². The minimum absolute atomic E-state index is 0.0846. The molecule has 22 heavy (non-hydrogen) atoms. The molecule has 9 nitrogen and oxygen atoms in total. The van der Waals surface area contributed by atoms with E-state index in [1.54, 1.807) is 12.1 Å². The van der Waals surface area contributed by atoms with Crippen LogP contribution in [0.3, 0.4) is 0 Å². The summed E-state index contributed by atoms with van der Waals surface area (Å²) in [6.07, 6.45) is 1.68. The summed E-state index contributed by atoms with van der Waals surface area (Å²) in [5.41, 5.74) is -1.41. The monoisotopic (exact) mass is 311 g/mol. The second kappa shape index (κ2) is 6.94. The van der Waals surface area contributed by atoms with E-state index in [1.807, 2.05) is 0 Å². The summed E-state index contributed by atoms with van der Waals surface area (Å²) in [6.45, 7) is 0.0365. The number of ether oxygens (including phenoxy) is 1. The fourth-order valence-electron chi connectivity index (χ4n) is 2.00. The van der Waals surface area contributed by atoms with Gasteiger partial charge in [-0.05, 0) is 12.1 Å². The van der Waals surface area contributed by atoms with E-state index in [1.165, 1.54) is 6.26 Å². The number of furan rings is 1. The maximum atomic E-state index is 11.8. The fraction of sp³-hybridized carbons (Fsp3) is 0.462. The quantitative estimate of drug-likeness (QED) is 0.557. The van der Waals surface area contributed by atoms with Crippen LogP contribution in [0, 0.1) is 0 Å². The summed E-state index contributed by atoms with van der Waals surface area (Å²) >= 11 is 0. The van der Waals surface area contributed by atoms with Crippen molar-refractivity contribution in [2.45, 2.75) is 18.5 Å². The van der Waals surface area contributed by atoms with E-state index >= 15 is 0 Å². The number of urea groups is 1. The van der Waals surface area contributed by atoms with Crippen LogP contribution < -0.4 is 16.0 Å². The minimum atomic E-state index is -1.41. The predicted molar refractivity (Wildman–Crippen MR) is 72.9 cm³/mol. The standard InChI is InChI=1S/C13H17N3O6/c17-10(16-13(11(18)19)3-5-21-8-13)7-15-12(20)14-6-9-2-1-4-22-9/h1-2,4H,3,5-8H2,(H,16,17)(H,18,19)(H2,14,15,20). The number of carboxylic acids is 1. The maximum absolute atomic E-state index is 11.8. The van der Waals surface area contributed by atoms with E-state index in [2.05, 4.69) is 16.0 Å². The molecule has 1 unspecified atom stereocenters. The molecule has 0 radical (unpaired) electrons. The van der Waals surface area contributed by atoms with Crippen molar-refractivity contribution in [3.63, 3.8) is 0 Å². The Balaban J connectivity index is 1.72. The van der Waals surface area contributed by atoms with E-state index in [4.69, 9.17) is 9.15 Å². The van der Waals surface area contributed by atoms with Crippen LogP contribution in [0.5, 0.6) is 0 Å². The van der Waals surface area contributed by atoms with Gasteiger partial charge in [-0.15, -0.1) is 0 Å². The number of amides is 3. The Morgan fingerprint density at radius 1 is 1.32 bits per heavy atom. The van der Waals surface area contributed by atoms with Crippen molar-refractivity contribution in [1.82, 2.24) is 16.0 Å². The maximum Gasteiger partial charge on any atom is 0.331 e. The second-order valence-corrected chi connectivity index (χ2v) is 4.85. The molecule has 0 aliphatic carbocycles. The van der Waals surface area contributed by atoms with E-state index in [-0.39, 0.29) is 32.7 Å². The van der Waals surface area contributed by atoms with Crippen LogP contribution in [0.4, 0.5) is 4.79 Å². The van der Waals surface area contributed by atoms with Crippen LogP contribution in [0.25, 0.3) is 0 Å². The Bertz CT molecular complexity index is 536. The molecule has 1 saturated heterocycles. The molecule has 1 atom stereocenters. The molecule has 1 fully saturated rings. The SMILES string of the molecule is O=C(CNC(=O)NCc1ccco1)NC1(C(=O)O)CCOC1.